The molecule has 1 fully saturated rings. The molecule has 0 aromatic heterocycles. The summed E-state index contributed by atoms with van der Waals surface area (Å²) >= 11 is 3.53. The Hall–Kier alpha value is -0.300. The largest absolute Gasteiger partial charge is 0.0925 e. The number of benzene rings is 1. The quantitative estimate of drug-likeness (QED) is 0.676. The van der Waals surface area contributed by atoms with E-state index in [-0.39, 0.29) is 0 Å². The van der Waals surface area contributed by atoms with Crippen LogP contribution in [0.3, 0.4) is 0 Å². The number of rotatable bonds is 2. The minimum Gasteiger partial charge on any atom is -0.0925 e. The van der Waals surface area contributed by atoms with Crippen LogP contribution in [0.15, 0.2) is 24.3 Å². The van der Waals surface area contributed by atoms with Crippen molar-refractivity contribution < 1.29 is 0 Å². The van der Waals surface area contributed by atoms with Gasteiger partial charge in [-0.1, -0.05) is 45.8 Å². The van der Waals surface area contributed by atoms with Crippen LogP contribution >= 0.6 is 15.9 Å². The second-order valence-electron chi connectivity index (χ2n) is 3.67. The van der Waals surface area contributed by atoms with E-state index in [9.17, 15) is 0 Å². The summed E-state index contributed by atoms with van der Waals surface area (Å²) < 4.78 is 0. The van der Waals surface area contributed by atoms with Crippen molar-refractivity contribution in [3.05, 3.63) is 35.4 Å². The molecular weight excluding hydrogens is 212 g/mol. The molecule has 0 bridgehead atoms. The molecule has 1 aromatic carbocycles. The minimum atomic E-state index is 0.838. The van der Waals surface area contributed by atoms with Crippen LogP contribution < -0.4 is 0 Å². The van der Waals surface area contributed by atoms with Gasteiger partial charge in [0.1, 0.15) is 0 Å². The van der Waals surface area contributed by atoms with E-state index in [0.29, 0.717) is 0 Å². The molecule has 1 saturated carbocycles. The number of hydrogen-bond donors (Lipinski definition) is 0. The van der Waals surface area contributed by atoms with Crippen molar-refractivity contribution in [2.75, 3.05) is 5.33 Å². The fourth-order valence-electron chi connectivity index (χ4n) is 1.64. The predicted molar refractivity (Wildman–Crippen MR) is 55.8 cm³/mol. The van der Waals surface area contributed by atoms with E-state index in [1.165, 1.54) is 17.5 Å². The standard InChI is InChI=1S/C11H13Br/c1-8-2-4-9(5-3-8)11-6-10(11)7-12/h2-5,10-11H,6-7H2,1H3. The molecular formula is C11H13Br. The summed E-state index contributed by atoms with van der Waals surface area (Å²) in [4.78, 5) is 0. The Morgan fingerprint density at radius 2 is 2.00 bits per heavy atom. The smallest absolute Gasteiger partial charge is 0.00657 e. The highest BCUT2D eigenvalue weighted by Gasteiger charge is 2.36. The van der Waals surface area contributed by atoms with Gasteiger partial charge in [0, 0.05) is 5.33 Å². The molecule has 2 atom stereocenters. The monoisotopic (exact) mass is 224 g/mol. The number of alkyl halides is 1. The Morgan fingerprint density at radius 3 is 2.50 bits per heavy atom. The van der Waals surface area contributed by atoms with E-state index in [1.807, 2.05) is 0 Å². The van der Waals surface area contributed by atoms with E-state index in [4.69, 9.17) is 0 Å². The molecule has 12 heavy (non-hydrogen) atoms. The maximum absolute atomic E-state index is 3.53. The lowest BCUT2D eigenvalue weighted by Crippen LogP contribution is -1.84. The Bertz CT molecular complexity index is 263. The lowest BCUT2D eigenvalue weighted by molar-refractivity contribution is 0.936. The lowest BCUT2D eigenvalue weighted by atomic mass is 10.1. The van der Waals surface area contributed by atoms with Crippen molar-refractivity contribution in [1.82, 2.24) is 0 Å². The second kappa shape index (κ2) is 3.21. The van der Waals surface area contributed by atoms with Crippen LogP contribution in [-0.4, -0.2) is 5.33 Å². The SMILES string of the molecule is Cc1ccc(C2CC2CBr)cc1. The molecule has 0 nitrogen and oxygen atoms in total. The van der Waals surface area contributed by atoms with Gasteiger partial charge >= 0.3 is 0 Å². The van der Waals surface area contributed by atoms with Gasteiger partial charge in [-0.3, -0.25) is 0 Å². The van der Waals surface area contributed by atoms with Crippen molar-refractivity contribution in [2.45, 2.75) is 19.3 Å². The zero-order valence-corrected chi connectivity index (χ0v) is 8.84. The minimum absolute atomic E-state index is 0.838. The van der Waals surface area contributed by atoms with Crippen molar-refractivity contribution in [3.8, 4) is 0 Å². The maximum Gasteiger partial charge on any atom is 0.00657 e. The molecule has 1 aliphatic rings. The zero-order chi connectivity index (χ0) is 8.55. The third-order valence-electron chi connectivity index (χ3n) is 2.63. The molecule has 0 heterocycles. The fraction of sp³-hybridized carbons (Fsp3) is 0.455. The first kappa shape index (κ1) is 8.31. The number of aryl methyl sites for hydroxylation is 1. The zero-order valence-electron chi connectivity index (χ0n) is 7.26. The molecule has 0 N–H and O–H groups in total. The van der Waals surface area contributed by atoms with Crippen molar-refractivity contribution in [1.29, 1.82) is 0 Å². The van der Waals surface area contributed by atoms with Gasteiger partial charge in [-0.2, -0.15) is 0 Å². The molecule has 64 valence electrons. The van der Waals surface area contributed by atoms with Crippen LogP contribution in [0.1, 0.15) is 23.5 Å². The van der Waals surface area contributed by atoms with Crippen LogP contribution in [-0.2, 0) is 0 Å². The molecule has 0 amide bonds. The average molecular weight is 225 g/mol. The Balaban J connectivity index is 2.10. The Labute approximate surface area is 82.1 Å². The summed E-state index contributed by atoms with van der Waals surface area (Å²) in [5.41, 5.74) is 2.87. The van der Waals surface area contributed by atoms with Gasteiger partial charge < -0.3 is 0 Å². The van der Waals surface area contributed by atoms with Gasteiger partial charge in [-0.05, 0) is 30.7 Å². The maximum atomic E-state index is 3.53. The Kier molecular flexibility index (Phi) is 2.22. The van der Waals surface area contributed by atoms with Crippen LogP contribution in [0.4, 0.5) is 0 Å². The van der Waals surface area contributed by atoms with Gasteiger partial charge in [-0.25, -0.2) is 0 Å². The molecule has 2 unspecified atom stereocenters. The van der Waals surface area contributed by atoms with Crippen LogP contribution in [0.2, 0.25) is 0 Å². The molecule has 0 spiro atoms. The van der Waals surface area contributed by atoms with E-state index >= 15 is 0 Å². The summed E-state index contributed by atoms with van der Waals surface area (Å²) in [7, 11) is 0. The van der Waals surface area contributed by atoms with Crippen LogP contribution in [0.5, 0.6) is 0 Å². The van der Waals surface area contributed by atoms with Gasteiger partial charge in [0.15, 0.2) is 0 Å². The molecule has 1 aliphatic carbocycles. The van der Waals surface area contributed by atoms with Gasteiger partial charge in [0.05, 0.1) is 0 Å². The number of halogens is 1. The predicted octanol–water partition coefficient (Wildman–Crippen LogP) is 3.49. The van der Waals surface area contributed by atoms with Crippen molar-refractivity contribution in [2.24, 2.45) is 5.92 Å². The first-order valence-electron chi connectivity index (χ1n) is 4.44. The van der Waals surface area contributed by atoms with Crippen LogP contribution in [0, 0.1) is 12.8 Å². The number of hydrogen-bond acceptors (Lipinski definition) is 0. The van der Waals surface area contributed by atoms with Gasteiger partial charge in [0.2, 0.25) is 0 Å². The van der Waals surface area contributed by atoms with Crippen molar-refractivity contribution >= 4 is 15.9 Å². The third-order valence-corrected chi connectivity index (χ3v) is 3.46. The lowest BCUT2D eigenvalue weighted by Gasteiger charge is -1.98. The average Bonchev–Trinajstić information content (AvgIpc) is 2.85. The van der Waals surface area contributed by atoms with Crippen LogP contribution in [0.25, 0.3) is 0 Å². The van der Waals surface area contributed by atoms with Crippen molar-refractivity contribution in [3.63, 3.8) is 0 Å². The van der Waals surface area contributed by atoms with E-state index in [2.05, 4.69) is 47.1 Å². The first-order chi connectivity index (χ1) is 5.81. The summed E-state index contributed by atoms with van der Waals surface area (Å²) in [6.07, 6.45) is 1.37. The van der Waals surface area contributed by atoms with E-state index in [0.717, 1.165) is 17.2 Å². The fourth-order valence-corrected chi connectivity index (χ4v) is 2.36. The molecule has 0 aliphatic heterocycles. The highest BCUT2D eigenvalue weighted by Crippen LogP contribution is 2.48. The normalized spacial score (nSPS) is 27.2. The van der Waals surface area contributed by atoms with E-state index in [1.54, 1.807) is 0 Å². The second-order valence-corrected chi connectivity index (χ2v) is 4.31. The molecule has 1 heteroatoms. The van der Waals surface area contributed by atoms with Gasteiger partial charge in [-0.15, -0.1) is 0 Å². The summed E-state index contributed by atoms with van der Waals surface area (Å²) in [5.74, 6) is 1.73. The molecule has 1 aromatic rings. The Morgan fingerprint density at radius 1 is 1.33 bits per heavy atom. The van der Waals surface area contributed by atoms with E-state index < -0.39 is 0 Å². The molecule has 0 radical (unpaired) electrons. The van der Waals surface area contributed by atoms with Gasteiger partial charge in [0.25, 0.3) is 0 Å². The summed E-state index contributed by atoms with van der Waals surface area (Å²) in [6.45, 7) is 2.14. The summed E-state index contributed by atoms with van der Waals surface area (Å²) in [5, 5.41) is 1.16. The molecule has 0 saturated heterocycles. The highest BCUT2D eigenvalue weighted by molar-refractivity contribution is 9.09. The molecule has 2 rings (SSSR count). The first-order valence-corrected chi connectivity index (χ1v) is 5.56. The topological polar surface area (TPSA) is 0 Å². The third kappa shape index (κ3) is 1.56. The highest BCUT2D eigenvalue weighted by atomic mass is 79.9. The summed E-state index contributed by atoms with van der Waals surface area (Å²) in [6, 6.07) is 8.95.